The van der Waals surface area contributed by atoms with E-state index in [2.05, 4.69) is 0 Å². The van der Waals surface area contributed by atoms with E-state index in [0.29, 0.717) is 19.4 Å². The Labute approximate surface area is 151 Å². The van der Waals surface area contributed by atoms with Gasteiger partial charge in [0.1, 0.15) is 5.78 Å². The van der Waals surface area contributed by atoms with Gasteiger partial charge in [-0.1, -0.05) is 54.6 Å². The summed E-state index contributed by atoms with van der Waals surface area (Å²) >= 11 is 0. The highest BCUT2D eigenvalue weighted by atomic mass is 16.2. The molecule has 1 saturated carbocycles. The van der Waals surface area contributed by atoms with Gasteiger partial charge in [0, 0.05) is 18.9 Å². The molecule has 4 heteroatoms. The number of ketones is 1. The third kappa shape index (κ3) is 2.05. The van der Waals surface area contributed by atoms with Crippen LogP contribution in [-0.4, -0.2) is 29.0 Å². The summed E-state index contributed by atoms with van der Waals surface area (Å²) in [5.41, 5.74) is 3.15. The topological polar surface area (TPSA) is 54.5 Å². The summed E-state index contributed by atoms with van der Waals surface area (Å²) in [5, 5.41) is 0. The number of fused-ring (bicyclic) bond motifs is 1. The van der Waals surface area contributed by atoms with Crippen LogP contribution in [-0.2, 0) is 20.8 Å². The second kappa shape index (κ2) is 5.63. The maximum atomic E-state index is 13.1. The molecule has 1 heterocycles. The number of hydrogen-bond acceptors (Lipinski definition) is 3. The van der Waals surface area contributed by atoms with Crippen molar-refractivity contribution < 1.29 is 14.4 Å². The quantitative estimate of drug-likeness (QED) is 0.804. The van der Waals surface area contributed by atoms with Crippen LogP contribution in [0.4, 0.5) is 0 Å². The Kier molecular flexibility index (Phi) is 3.36. The molecule has 2 amide bonds. The lowest BCUT2D eigenvalue weighted by atomic mass is 9.56. The highest BCUT2D eigenvalue weighted by molar-refractivity contribution is 6.11. The van der Waals surface area contributed by atoms with Crippen molar-refractivity contribution in [1.29, 1.82) is 0 Å². The van der Waals surface area contributed by atoms with Crippen molar-refractivity contribution in [2.45, 2.75) is 24.7 Å². The van der Waals surface area contributed by atoms with E-state index >= 15 is 0 Å². The summed E-state index contributed by atoms with van der Waals surface area (Å²) in [6.07, 6.45) is 1.03. The third-order valence-corrected chi connectivity index (χ3v) is 6.25. The van der Waals surface area contributed by atoms with Crippen molar-refractivity contribution in [3.8, 4) is 0 Å². The van der Waals surface area contributed by atoms with E-state index in [1.807, 2.05) is 54.6 Å². The first kappa shape index (κ1) is 15.5. The number of carbonyl (C=O) groups excluding carboxylic acids is 3. The Morgan fingerprint density at radius 2 is 1.46 bits per heavy atom. The van der Waals surface area contributed by atoms with Crippen molar-refractivity contribution >= 4 is 17.6 Å². The van der Waals surface area contributed by atoms with Gasteiger partial charge in [0.2, 0.25) is 11.8 Å². The van der Waals surface area contributed by atoms with Gasteiger partial charge in [-0.2, -0.15) is 0 Å². The highest BCUT2D eigenvalue weighted by Gasteiger charge is 2.62. The standard InChI is InChI=1S/C22H19NO3/c24-17-12-16-14-8-4-5-9-15(14)18(17)20-19(16)21(25)23(22(20)26)11-10-13-6-2-1-3-7-13/h1-9,16,18-20H,10-12H2/t16-,18+,19+,20+/m1/s1. The van der Waals surface area contributed by atoms with Crippen LogP contribution in [0.15, 0.2) is 54.6 Å². The van der Waals surface area contributed by atoms with E-state index in [0.717, 1.165) is 16.7 Å². The molecule has 2 bridgehead atoms. The molecule has 4 nitrogen and oxygen atoms in total. The van der Waals surface area contributed by atoms with E-state index in [4.69, 9.17) is 0 Å². The average molecular weight is 345 g/mol. The molecule has 0 aromatic heterocycles. The van der Waals surface area contributed by atoms with E-state index in [1.165, 1.54) is 4.90 Å². The molecule has 130 valence electrons. The minimum absolute atomic E-state index is 0.0899. The molecule has 2 aromatic rings. The molecule has 4 atom stereocenters. The van der Waals surface area contributed by atoms with Gasteiger partial charge < -0.3 is 0 Å². The zero-order valence-electron chi connectivity index (χ0n) is 14.3. The van der Waals surface area contributed by atoms with Crippen LogP contribution in [0.25, 0.3) is 0 Å². The second-order valence-corrected chi connectivity index (χ2v) is 7.50. The smallest absolute Gasteiger partial charge is 0.234 e. The molecule has 0 spiro atoms. The normalized spacial score (nSPS) is 29.1. The SMILES string of the molecule is O=C1C[C@@H]2c3ccccc3[C@@H]1[C@@H]1C(=O)N(CCc3ccccc3)C(=O)[C@H]12. The van der Waals surface area contributed by atoms with E-state index in [-0.39, 0.29) is 29.4 Å². The van der Waals surface area contributed by atoms with Gasteiger partial charge in [0.15, 0.2) is 0 Å². The number of likely N-dealkylation sites (tertiary alicyclic amines) is 1. The summed E-state index contributed by atoms with van der Waals surface area (Å²) in [5.74, 6) is -1.59. The zero-order chi connectivity index (χ0) is 17.8. The minimum atomic E-state index is -0.501. The molecule has 1 aliphatic heterocycles. The summed E-state index contributed by atoms with van der Waals surface area (Å²) in [6, 6.07) is 17.7. The first-order valence-corrected chi connectivity index (χ1v) is 9.17. The van der Waals surface area contributed by atoms with Gasteiger partial charge in [0.05, 0.1) is 17.8 Å². The Bertz CT molecular complexity index is 920. The van der Waals surface area contributed by atoms with Crippen LogP contribution in [0, 0.1) is 11.8 Å². The van der Waals surface area contributed by atoms with E-state index in [9.17, 15) is 14.4 Å². The number of carbonyl (C=O) groups is 3. The number of nitrogens with zero attached hydrogens (tertiary/aromatic N) is 1. The lowest BCUT2D eigenvalue weighted by Crippen LogP contribution is -2.44. The van der Waals surface area contributed by atoms with Crippen molar-refractivity contribution in [3.05, 3.63) is 71.3 Å². The summed E-state index contributed by atoms with van der Waals surface area (Å²) in [4.78, 5) is 40.2. The van der Waals surface area contributed by atoms with E-state index in [1.54, 1.807) is 0 Å². The number of benzene rings is 2. The Morgan fingerprint density at radius 3 is 2.23 bits per heavy atom. The number of hydrogen-bond donors (Lipinski definition) is 0. The Hall–Kier alpha value is -2.75. The number of imide groups is 1. The Balaban J connectivity index is 1.48. The predicted molar refractivity (Wildman–Crippen MR) is 95.4 cm³/mol. The summed E-state index contributed by atoms with van der Waals surface area (Å²) in [6.45, 7) is 0.388. The molecular formula is C22H19NO3. The molecule has 2 fully saturated rings. The fourth-order valence-corrected chi connectivity index (χ4v) is 5.13. The molecule has 0 N–H and O–H groups in total. The van der Waals surface area contributed by atoms with Gasteiger partial charge in [-0.15, -0.1) is 0 Å². The summed E-state index contributed by atoms with van der Waals surface area (Å²) in [7, 11) is 0. The highest BCUT2D eigenvalue weighted by Crippen LogP contribution is 2.57. The molecule has 4 aliphatic rings. The van der Waals surface area contributed by atoms with Crippen LogP contribution >= 0.6 is 0 Å². The van der Waals surface area contributed by atoms with Crippen LogP contribution in [0.1, 0.15) is 34.9 Å². The van der Waals surface area contributed by atoms with Crippen LogP contribution < -0.4 is 0 Å². The fraction of sp³-hybridized carbons (Fsp3) is 0.318. The maximum absolute atomic E-state index is 13.1. The number of rotatable bonds is 3. The maximum Gasteiger partial charge on any atom is 0.234 e. The predicted octanol–water partition coefficient (Wildman–Crippen LogP) is 2.68. The van der Waals surface area contributed by atoms with Gasteiger partial charge in [-0.3, -0.25) is 19.3 Å². The molecule has 0 radical (unpaired) electrons. The van der Waals surface area contributed by atoms with Crippen LogP contribution in [0.2, 0.25) is 0 Å². The zero-order valence-corrected chi connectivity index (χ0v) is 14.3. The van der Waals surface area contributed by atoms with Crippen molar-refractivity contribution in [2.75, 3.05) is 6.54 Å². The van der Waals surface area contributed by atoms with E-state index < -0.39 is 11.8 Å². The van der Waals surface area contributed by atoms with Crippen LogP contribution in [0.5, 0.6) is 0 Å². The number of amides is 2. The molecule has 1 saturated heterocycles. The van der Waals surface area contributed by atoms with Crippen LogP contribution in [0.3, 0.4) is 0 Å². The largest absolute Gasteiger partial charge is 0.299 e. The molecule has 2 aromatic carbocycles. The first-order valence-electron chi connectivity index (χ1n) is 9.17. The van der Waals surface area contributed by atoms with Crippen molar-refractivity contribution in [2.24, 2.45) is 11.8 Å². The molecule has 0 unspecified atom stereocenters. The first-order chi connectivity index (χ1) is 12.7. The second-order valence-electron chi connectivity index (χ2n) is 7.50. The summed E-state index contributed by atoms with van der Waals surface area (Å²) < 4.78 is 0. The fourth-order valence-electron chi connectivity index (χ4n) is 5.13. The molecule has 6 rings (SSSR count). The Morgan fingerprint density at radius 1 is 0.808 bits per heavy atom. The molecule has 3 aliphatic carbocycles. The van der Waals surface area contributed by atoms with Gasteiger partial charge >= 0.3 is 0 Å². The lowest BCUT2D eigenvalue weighted by molar-refractivity contribution is -0.140. The average Bonchev–Trinajstić information content (AvgIpc) is 2.93. The monoisotopic (exact) mass is 345 g/mol. The van der Waals surface area contributed by atoms with Crippen molar-refractivity contribution in [1.82, 2.24) is 4.90 Å². The lowest BCUT2D eigenvalue weighted by Gasteiger charge is -2.43. The minimum Gasteiger partial charge on any atom is -0.299 e. The van der Waals surface area contributed by atoms with Crippen molar-refractivity contribution in [3.63, 3.8) is 0 Å². The molecular weight excluding hydrogens is 326 g/mol. The van der Waals surface area contributed by atoms with Gasteiger partial charge in [0.25, 0.3) is 0 Å². The molecule has 26 heavy (non-hydrogen) atoms. The van der Waals surface area contributed by atoms with Gasteiger partial charge in [-0.05, 0) is 23.1 Å². The third-order valence-electron chi connectivity index (χ3n) is 6.25. The number of Topliss-reactive ketones (excluding diaryl/α,β-unsaturated/α-hetero) is 1. The van der Waals surface area contributed by atoms with Gasteiger partial charge in [-0.25, -0.2) is 0 Å².